The molecule has 0 aliphatic carbocycles. The second kappa shape index (κ2) is 11.7. The minimum Gasteiger partial charge on any atom is -0.508 e. The largest absolute Gasteiger partial charge is 0.508 e. The smallest absolute Gasteiger partial charge is 0.265 e. The first-order valence-corrected chi connectivity index (χ1v) is 11.2. The van der Waals surface area contributed by atoms with Crippen LogP contribution >= 0.6 is 0 Å². The van der Waals surface area contributed by atoms with Crippen molar-refractivity contribution >= 4 is 11.8 Å². The van der Waals surface area contributed by atoms with Crippen LogP contribution in [0.2, 0.25) is 0 Å². The number of halogens is 3. The lowest BCUT2D eigenvalue weighted by Crippen LogP contribution is -2.58. The predicted octanol–water partition coefficient (Wildman–Crippen LogP) is 2.64. The number of benzene rings is 2. The van der Waals surface area contributed by atoms with Crippen molar-refractivity contribution in [3.8, 4) is 5.75 Å². The van der Waals surface area contributed by atoms with E-state index in [9.17, 15) is 32.8 Å². The number of hydrogen-bond acceptors (Lipinski definition) is 4. The van der Waals surface area contributed by atoms with E-state index in [4.69, 9.17) is 0 Å². The van der Waals surface area contributed by atoms with E-state index in [0.29, 0.717) is 22.5 Å². The summed E-state index contributed by atoms with van der Waals surface area (Å²) in [6.07, 6.45) is -2.67. The highest BCUT2D eigenvalue weighted by Crippen LogP contribution is 2.22. The van der Waals surface area contributed by atoms with Gasteiger partial charge in [0.1, 0.15) is 16.4 Å². The highest BCUT2D eigenvalue weighted by atomic mass is 19.3. The maximum atomic E-state index is 13.5. The molecule has 2 atom stereocenters. The van der Waals surface area contributed by atoms with E-state index >= 15 is 0 Å². The van der Waals surface area contributed by atoms with E-state index in [1.54, 1.807) is 12.1 Å². The lowest BCUT2D eigenvalue weighted by Gasteiger charge is -2.30. The number of phenols is 1. The molecule has 35 heavy (non-hydrogen) atoms. The molecule has 0 aromatic heterocycles. The summed E-state index contributed by atoms with van der Waals surface area (Å²) in [6, 6.07) is 9.01. The normalized spacial score (nSPS) is 16.4. The summed E-state index contributed by atoms with van der Waals surface area (Å²) >= 11 is 0. The van der Waals surface area contributed by atoms with Gasteiger partial charge >= 0.3 is 0 Å². The molecular weight excluding hydrogens is 465 g/mol. The van der Waals surface area contributed by atoms with Crippen LogP contribution in [-0.2, 0) is 22.6 Å². The molecule has 2 amide bonds. The number of hydrazine groups is 1. The van der Waals surface area contributed by atoms with Gasteiger partial charge < -0.3 is 15.3 Å². The quantitative estimate of drug-likeness (QED) is 0.497. The van der Waals surface area contributed by atoms with Crippen LogP contribution in [0.25, 0.3) is 0 Å². The first kappa shape index (κ1) is 26.0. The molecule has 188 valence electrons. The summed E-state index contributed by atoms with van der Waals surface area (Å²) in [6.45, 7) is -0.724. The van der Waals surface area contributed by atoms with Crippen molar-refractivity contribution in [1.29, 1.82) is 0 Å². The average molecular weight is 494 g/mol. The summed E-state index contributed by atoms with van der Waals surface area (Å²) in [5.74, 6) is -1.83. The number of nitroso groups, excluding NO2 is 1. The molecule has 0 spiro atoms. The Labute approximate surface area is 200 Å². The first-order chi connectivity index (χ1) is 16.7. The van der Waals surface area contributed by atoms with Crippen LogP contribution in [0.15, 0.2) is 48.5 Å². The second-order valence-corrected chi connectivity index (χ2v) is 8.43. The Morgan fingerprint density at radius 1 is 1.14 bits per heavy atom. The molecule has 0 radical (unpaired) electrons. The number of hydrogen-bond donors (Lipinski definition) is 2. The van der Waals surface area contributed by atoms with E-state index in [2.05, 4.69) is 5.32 Å². The Hall–Kier alpha value is -3.63. The Balaban J connectivity index is 1.81. The molecule has 0 saturated carbocycles. The highest BCUT2D eigenvalue weighted by Gasteiger charge is 2.51. The minimum atomic E-state index is -2.92. The maximum absolute atomic E-state index is 13.5. The number of carbonyl (C=O) groups is 2. The van der Waals surface area contributed by atoms with Crippen LogP contribution in [0, 0.1) is 10.7 Å². The van der Waals surface area contributed by atoms with Gasteiger partial charge in [-0.25, -0.2) is 13.2 Å². The molecule has 2 N–H and O–H groups in total. The minimum absolute atomic E-state index is 0.0265. The van der Waals surface area contributed by atoms with Gasteiger partial charge in [-0.3, -0.25) is 9.59 Å². The topological polar surface area (TPSA) is 93.0 Å². The molecule has 1 fully saturated rings. The number of aromatic hydroxyl groups is 1. The van der Waals surface area contributed by atoms with Crippen molar-refractivity contribution in [3.63, 3.8) is 0 Å². The van der Waals surface area contributed by atoms with Crippen LogP contribution in [0.1, 0.15) is 24.0 Å². The third-order valence-electron chi connectivity index (χ3n) is 5.94. The van der Waals surface area contributed by atoms with Gasteiger partial charge in [0.15, 0.2) is 6.04 Å². The lowest BCUT2D eigenvalue weighted by molar-refractivity contribution is -0.707. The summed E-state index contributed by atoms with van der Waals surface area (Å²) in [5, 5.41) is 13.3. The Morgan fingerprint density at radius 3 is 2.34 bits per heavy atom. The third kappa shape index (κ3) is 6.93. The number of alkyl halides is 2. The fourth-order valence-electron chi connectivity index (χ4n) is 4.06. The zero-order valence-corrected chi connectivity index (χ0v) is 19.2. The number of phenolic OH excluding ortho intramolecular Hbond substituents is 1. The first-order valence-electron chi connectivity index (χ1n) is 11.2. The van der Waals surface area contributed by atoms with Gasteiger partial charge in [-0.2, -0.15) is 0 Å². The van der Waals surface area contributed by atoms with E-state index < -0.39 is 42.7 Å². The van der Waals surface area contributed by atoms with Crippen LogP contribution in [0.3, 0.4) is 0 Å². The zero-order chi connectivity index (χ0) is 25.5. The zero-order valence-electron chi connectivity index (χ0n) is 19.2. The number of amides is 2. The fourth-order valence-corrected chi connectivity index (χ4v) is 4.06. The molecule has 1 aliphatic heterocycles. The van der Waals surface area contributed by atoms with Crippen LogP contribution in [0.4, 0.5) is 13.2 Å². The van der Waals surface area contributed by atoms with Crippen LogP contribution in [0.5, 0.6) is 5.75 Å². The van der Waals surface area contributed by atoms with E-state index in [1.807, 2.05) is 0 Å². The number of nitrogens with one attached hydrogen (secondary N) is 1. The summed E-state index contributed by atoms with van der Waals surface area (Å²) < 4.78 is 40.2. The van der Waals surface area contributed by atoms with Crippen molar-refractivity contribution < 1.29 is 32.7 Å². The van der Waals surface area contributed by atoms with Gasteiger partial charge in [0.2, 0.25) is 11.8 Å². The van der Waals surface area contributed by atoms with Crippen molar-refractivity contribution in [2.75, 3.05) is 20.1 Å². The molecule has 8 nitrogen and oxygen atoms in total. The molecule has 2 aromatic carbocycles. The molecule has 1 saturated heterocycles. The summed E-state index contributed by atoms with van der Waals surface area (Å²) in [4.78, 5) is 40.3. The Morgan fingerprint density at radius 2 is 1.77 bits per heavy atom. The van der Waals surface area contributed by atoms with Gasteiger partial charge in [0, 0.05) is 19.4 Å². The molecule has 2 aromatic rings. The average Bonchev–Trinajstić information content (AvgIpc) is 3.15. The van der Waals surface area contributed by atoms with Gasteiger partial charge in [0.05, 0.1) is 25.0 Å². The van der Waals surface area contributed by atoms with Gasteiger partial charge in [-0.15, -0.1) is 5.01 Å². The van der Waals surface area contributed by atoms with Gasteiger partial charge in [0.25, 0.3) is 12.5 Å². The van der Waals surface area contributed by atoms with Crippen molar-refractivity contribution in [1.82, 2.24) is 15.2 Å². The SMILES string of the molecule is CN1CCC(C(C(=O)NCc2ccc(F)cc2)N(CC(F)F)C(=O)CCc2ccc(O)cc2)[N+]1=O. The maximum Gasteiger partial charge on any atom is 0.265 e. The number of aryl methyl sites for hydroxylation is 1. The van der Waals surface area contributed by atoms with E-state index in [0.717, 1.165) is 4.90 Å². The molecule has 11 heteroatoms. The van der Waals surface area contributed by atoms with Crippen LogP contribution < -0.4 is 5.32 Å². The van der Waals surface area contributed by atoms with E-state index in [-0.39, 0.29) is 31.6 Å². The van der Waals surface area contributed by atoms with Crippen LogP contribution in [-0.4, -0.2) is 70.3 Å². The van der Waals surface area contributed by atoms with E-state index in [1.165, 1.54) is 48.5 Å². The van der Waals surface area contributed by atoms with Gasteiger partial charge in [-0.05, 0) is 41.8 Å². The number of rotatable bonds is 10. The number of nitrogens with zero attached hydrogens (tertiary/aromatic N) is 3. The fraction of sp³-hybridized carbons (Fsp3) is 0.417. The molecule has 0 bridgehead atoms. The Kier molecular flexibility index (Phi) is 8.67. The Bertz CT molecular complexity index is 1030. The lowest BCUT2D eigenvalue weighted by atomic mass is 10.0. The van der Waals surface area contributed by atoms with Crippen molar-refractivity contribution in [2.45, 2.75) is 44.3 Å². The number of carbonyl (C=O) groups excluding carboxylic acids is 2. The summed E-state index contributed by atoms with van der Waals surface area (Å²) in [7, 11) is 1.52. The standard InChI is InChI=1S/C24H27F3N4O4/c1-29-13-12-20(31(29)35)23(24(34)28-14-17-2-7-18(25)8-3-17)30(15-21(26)27)22(33)11-6-16-4-9-19(32)10-5-16/h2-5,7-10,20-21,23H,6,11-15H2,1H3,(H-,28,32,34)/p+1. The molecular formula is C24H28F3N4O4+. The molecule has 3 rings (SSSR count). The van der Waals surface area contributed by atoms with Gasteiger partial charge in [-0.1, -0.05) is 24.3 Å². The highest BCUT2D eigenvalue weighted by molar-refractivity contribution is 5.88. The molecule has 1 heterocycles. The molecule has 1 aliphatic rings. The molecule has 2 unspecified atom stereocenters. The third-order valence-corrected chi connectivity index (χ3v) is 5.94. The second-order valence-electron chi connectivity index (χ2n) is 8.43. The monoisotopic (exact) mass is 493 g/mol. The predicted molar refractivity (Wildman–Crippen MR) is 121 cm³/mol. The summed E-state index contributed by atoms with van der Waals surface area (Å²) in [5.41, 5.74) is 1.27. The van der Waals surface area contributed by atoms with Crippen molar-refractivity contribution in [3.05, 3.63) is 70.4 Å². The van der Waals surface area contributed by atoms with Crippen molar-refractivity contribution in [2.24, 2.45) is 0 Å².